The second-order valence-corrected chi connectivity index (χ2v) is 5.81. The van der Waals surface area contributed by atoms with E-state index < -0.39 is 0 Å². The zero-order valence-electron chi connectivity index (χ0n) is 11.9. The monoisotopic (exact) mass is 250 g/mol. The topological polar surface area (TPSA) is 42.4 Å². The van der Waals surface area contributed by atoms with E-state index in [0.29, 0.717) is 6.54 Å². The van der Waals surface area contributed by atoms with Gasteiger partial charge in [-0.15, -0.1) is 0 Å². The van der Waals surface area contributed by atoms with Gasteiger partial charge >= 0.3 is 0 Å². The van der Waals surface area contributed by atoms with Gasteiger partial charge in [0.05, 0.1) is 6.04 Å². The summed E-state index contributed by atoms with van der Waals surface area (Å²) in [7, 11) is 0. The Morgan fingerprint density at radius 2 is 2.00 bits per heavy atom. The van der Waals surface area contributed by atoms with Crippen LogP contribution in [0.25, 0.3) is 0 Å². The molecule has 1 saturated heterocycles. The molecule has 0 aliphatic carbocycles. The fraction of sp³-hybridized carbons (Fsp3) is 0.733. The van der Waals surface area contributed by atoms with Crippen LogP contribution in [0.5, 0.6) is 0 Å². The average Bonchev–Trinajstić information content (AvgIpc) is 2.77. The van der Waals surface area contributed by atoms with Gasteiger partial charge in [-0.2, -0.15) is 0 Å². The normalized spacial score (nSPS) is 27.3. The SMILES string of the molecule is CCc1ccc(C(CN)N2CC(C)CC(C)C2)o1. The minimum absolute atomic E-state index is 0.246. The minimum atomic E-state index is 0.246. The lowest BCUT2D eigenvalue weighted by Crippen LogP contribution is -2.43. The van der Waals surface area contributed by atoms with E-state index in [1.807, 2.05) is 0 Å². The van der Waals surface area contributed by atoms with Crippen LogP contribution in [0.3, 0.4) is 0 Å². The van der Waals surface area contributed by atoms with Crippen molar-refractivity contribution in [2.45, 2.75) is 39.7 Å². The number of furan rings is 1. The minimum Gasteiger partial charge on any atom is -0.464 e. The smallest absolute Gasteiger partial charge is 0.122 e. The lowest BCUT2D eigenvalue weighted by molar-refractivity contribution is 0.0873. The Morgan fingerprint density at radius 3 is 2.50 bits per heavy atom. The fourth-order valence-electron chi connectivity index (χ4n) is 3.17. The van der Waals surface area contributed by atoms with Gasteiger partial charge in [0.25, 0.3) is 0 Å². The molecule has 0 spiro atoms. The zero-order chi connectivity index (χ0) is 13.1. The first-order valence-corrected chi connectivity index (χ1v) is 7.16. The number of nitrogens with two attached hydrogens (primary N) is 1. The van der Waals surface area contributed by atoms with Crippen LogP contribution in [-0.2, 0) is 6.42 Å². The summed E-state index contributed by atoms with van der Waals surface area (Å²) in [6.07, 6.45) is 2.27. The fourth-order valence-corrected chi connectivity index (χ4v) is 3.17. The highest BCUT2D eigenvalue weighted by atomic mass is 16.3. The van der Waals surface area contributed by atoms with Gasteiger partial charge in [-0.25, -0.2) is 0 Å². The molecule has 3 nitrogen and oxygen atoms in total. The van der Waals surface area contributed by atoms with E-state index in [1.54, 1.807) is 0 Å². The van der Waals surface area contributed by atoms with Crippen molar-refractivity contribution >= 4 is 0 Å². The molecule has 102 valence electrons. The standard InChI is InChI=1S/C15H26N2O/c1-4-13-5-6-15(18-13)14(8-16)17-9-11(2)7-12(3)10-17/h5-6,11-12,14H,4,7-10,16H2,1-3H3. The van der Waals surface area contributed by atoms with E-state index in [9.17, 15) is 0 Å². The molecular formula is C15H26N2O. The lowest BCUT2D eigenvalue weighted by atomic mass is 9.90. The molecule has 2 N–H and O–H groups in total. The second-order valence-electron chi connectivity index (χ2n) is 5.81. The molecule has 0 aromatic carbocycles. The Hall–Kier alpha value is -0.800. The van der Waals surface area contributed by atoms with Crippen molar-refractivity contribution in [1.29, 1.82) is 0 Å². The van der Waals surface area contributed by atoms with Crippen LogP contribution >= 0.6 is 0 Å². The van der Waals surface area contributed by atoms with Gasteiger partial charge in [-0.1, -0.05) is 20.8 Å². The largest absolute Gasteiger partial charge is 0.464 e. The maximum absolute atomic E-state index is 5.98. The average molecular weight is 250 g/mol. The highest BCUT2D eigenvalue weighted by Gasteiger charge is 2.29. The first kappa shape index (κ1) is 13.6. The Bertz CT molecular complexity index is 364. The molecule has 3 unspecified atom stereocenters. The molecule has 2 heterocycles. The van der Waals surface area contributed by atoms with E-state index in [4.69, 9.17) is 10.2 Å². The zero-order valence-corrected chi connectivity index (χ0v) is 11.9. The molecule has 1 aromatic rings. The summed E-state index contributed by atoms with van der Waals surface area (Å²) in [5, 5.41) is 0. The van der Waals surface area contributed by atoms with Crippen LogP contribution in [0, 0.1) is 11.8 Å². The lowest BCUT2D eigenvalue weighted by Gasteiger charge is -2.39. The van der Waals surface area contributed by atoms with Gasteiger partial charge < -0.3 is 10.2 Å². The maximum atomic E-state index is 5.98. The Labute approximate surface area is 110 Å². The van der Waals surface area contributed by atoms with Crippen molar-refractivity contribution < 1.29 is 4.42 Å². The van der Waals surface area contributed by atoms with Gasteiger partial charge in [0.2, 0.25) is 0 Å². The van der Waals surface area contributed by atoms with Crippen LogP contribution in [0.4, 0.5) is 0 Å². The van der Waals surface area contributed by atoms with Crippen molar-refractivity contribution in [2.24, 2.45) is 17.6 Å². The Morgan fingerprint density at radius 1 is 1.33 bits per heavy atom. The van der Waals surface area contributed by atoms with E-state index in [1.165, 1.54) is 6.42 Å². The number of rotatable bonds is 4. The molecule has 18 heavy (non-hydrogen) atoms. The molecule has 1 aliphatic rings. The molecule has 1 fully saturated rings. The van der Waals surface area contributed by atoms with Gasteiger partial charge in [0.1, 0.15) is 11.5 Å². The van der Waals surface area contributed by atoms with Crippen LogP contribution in [-0.4, -0.2) is 24.5 Å². The number of nitrogens with zero attached hydrogens (tertiary/aromatic N) is 1. The van der Waals surface area contributed by atoms with Crippen molar-refractivity contribution in [3.63, 3.8) is 0 Å². The third kappa shape index (κ3) is 2.96. The van der Waals surface area contributed by atoms with Crippen LogP contribution in [0.1, 0.15) is 44.8 Å². The van der Waals surface area contributed by atoms with Gasteiger partial charge in [-0.3, -0.25) is 4.90 Å². The van der Waals surface area contributed by atoms with Crippen molar-refractivity contribution in [1.82, 2.24) is 4.90 Å². The molecule has 0 bridgehead atoms. The molecule has 0 amide bonds. The van der Waals surface area contributed by atoms with Gasteiger partial charge in [-0.05, 0) is 30.4 Å². The predicted molar refractivity (Wildman–Crippen MR) is 74.4 cm³/mol. The molecule has 1 aromatic heterocycles. The number of hydrogen-bond donors (Lipinski definition) is 1. The third-order valence-corrected chi connectivity index (χ3v) is 3.92. The summed E-state index contributed by atoms with van der Waals surface area (Å²) in [5.41, 5.74) is 5.98. The maximum Gasteiger partial charge on any atom is 0.122 e. The third-order valence-electron chi connectivity index (χ3n) is 3.92. The quantitative estimate of drug-likeness (QED) is 0.893. The van der Waals surface area contributed by atoms with Crippen LogP contribution in [0.2, 0.25) is 0 Å². The Balaban J connectivity index is 2.12. The van der Waals surface area contributed by atoms with E-state index in [2.05, 4.69) is 37.8 Å². The summed E-state index contributed by atoms with van der Waals surface area (Å²) in [4.78, 5) is 2.50. The van der Waals surface area contributed by atoms with Crippen LogP contribution < -0.4 is 5.73 Å². The first-order chi connectivity index (χ1) is 8.63. The van der Waals surface area contributed by atoms with E-state index in [-0.39, 0.29) is 6.04 Å². The first-order valence-electron chi connectivity index (χ1n) is 7.16. The molecule has 0 saturated carbocycles. The second kappa shape index (κ2) is 5.89. The number of likely N-dealkylation sites (tertiary alicyclic amines) is 1. The summed E-state index contributed by atoms with van der Waals surface area (Å²) in [6.45, 7) is 9.68. The molecule has 1 aliphatic heterocycles. The summed E-state index contributed by atoms with van der Waals surface area (Å²) in [5.74, 6) is 3.60. The highest BCUT2D eigenvalue weighted by molar-refractivity contribution is 5.12. The highest BCUT2D eigenvalue weighted by Crippen LogP contribution is 2.29. The number of hydrogen-bond acceptors (Lipinski definition) is 3. The molecule has 0 radical (unpaired) electrons. The molecule has 3 atom stereocenters. The summed E-state index contributed by atoms with van der Waals surface area (Å²) < 4.78 is 5.89. The van der Waals surface area contributed by atoms with Crippen molar-refractivity contribution in [3.05, 3.63) is 23.7 Å². The molecule has 3 heteroatoms. The van der Waals surface area contributed by atoms with Crippen molar-refractivity contribution in [2.75, 3.05) is 19.6 Å². The predicted octanol–water partition coefficient (Wildman–Crippen LogP) is 2.82. The number of piperidine rings is 1. The summed E-state index contributed by atoms with van der Waals surface area (Å²) in [6, 6.07) is 4.42. The van der Waals surface area contributed by atoms with E-state index in [0.717, 1.165) is 42.9 Å². The van der Waals surface area contributed by atoms with E-state index >= 15 is 0 Å². The van der Waals surface area contributed by atoms with Gasteiger partial charge in [0.15, 0.2) is 0 Å². The summed E-state index contributed by atoms with van der Waals surface area (Å²) >= 11 is 0. The molecular weight excluding hydrogens is 224 g/mol. The van der Waals surface area contributed by atoms with Crippen LogP contribution in [0.15, 0.2) is 16.5 Å². The molecule has 2 rings (SSSR count). The Kier molecular flexibility index (Phi) is 4.46. The van der Waals surface area contributed by atoms with Crippen molar-refractivity contribution in [3.8, 4) is 0 Å². The number of aryl methyl sites for hydroxylation is 1. The van der Waals surface area contributed by atoms with Gasteiger partial charge in [0, 0.05) is 26.1 Å².